The highest BCUT2D eigenvalue weighted by atomic mass is 35.5. The number of rotatable bonds is 3. The van der Waals surface area contributed by atoms with Crippen LogP contribution in [0.2, 0.25) is 5.15 Å². The summed E-state index contributed by atoms with van der Waals surface area (Å²) in [4.78, 5) is 15.9. The number of nitrogens with zero attached hydrogens (tertiary/aromatic N) is 1. The molecule has 3 N–H and O–H groups in total. The van der Waals surface area contributed by atoms with E-state index in [2.05, 4.69) is 10.3 Å². The summed E-state index contributed by atoms with van der Waals surface area (Å²) in [7, 11) is 0. The van der Waals surface area contributed by atoms with Crippen LogP contribution in [0.1, 0.15) is 37.0 Å². The van der Waals surface area contributed by atoms with Gasteiger partial charge in [0.25, 0.3) is 5.91 Å². The molecule has 1 aromatic rings. The topological polar surface area (TPSA) is 68.0 Å². The predicted molar refractivity (Wildman–Crippen MR) is 67.9 cm³/mol. The smallest absolute Gasteiger partial charge is 0.254 e. The maximum atomic E-state index is 12.1. The van der Waals surface area contributed by atoms with Crippen LogP contribution in [0.25, 0.3) is 0 Å². The highest BCUT2D eigenvalue weighted by Crippen LogP contribution is 2.39. The van der Waals surface area contributed by atoms with E-state index >= 15 is 0 Å². The molecule has 0 aliphatic heterocycles. The fourth-order valence-corrected chi connectivity index (χ4v) is 2.08. The van der Waals surface area contributed by atoms with Gasteiger partial charge in [0.1, 0.15) is 5.15 Å². The standard InChI is InChI=1S/C12H16ClN3O/c1-12(2,7-3-4-7)16-11(17)9-5-8(14)6-15-10(9)13/h5-7H,3-4,14H2,1-2H3,(H,16,17). The van der Waals surface area contributed by atoms with E-state index in [1.807, 2.05) is 13.8 Å². The van der Waals surface area contributed by atoms with Gasteiger partial charge in [0, 0.05) is 5.54 Å². The van der Waals surface area contributed by atoms with Crippen LogP contribution in [0.3, 0.4) is 0 Å². The number of halogens is 1. The number of nitrogens with two attached hydrogens (primary N) is 1. The Labute approximate surface area is 106 Å². The number of carbonyl (C=O) groups excluding carboxylic acids is 1. The van der Waals surface area contributed by atoms with Gasteiger partial charge >= 0.3 is 0 Å². The Hall–Kier alpha value is -1.29. The van der Waals surface area contributed by atoms with Crippen molar-refractivity contribution in [1.29, 1.82) is 0 Å². The maximum Gasteiger partial charge on any atom is 0.254 e. The second-order valence-corrected chi connectivity index (χ2v) is 5.42. The largest absolute Gasteiger partial charge is 0.397 e. The van der Waals surface area contributed by atoms with Crippen LogP contribution in [-0.4, -0.2) is 16.4 Å². The van der Waals surface area contributed by atoms with E-state index in [0.29, 0.717) is 17.2 Å². The van der Waals surface area contributed by atoms with Gasteiger partial charge in [-0.3, -0.25) is 4.79 Å². The second kappa shape index (κ2) is 4.18. The van der Waals surface area contributed by atoms with E-state index in [4.69, 9.17) is 17.3 Å². The monoisotopic (exact) mass is 253 g/mol. The number of aromatic nitrogens is 1. The first kappa shape index (κ1) is 12.2. The van der Waals surface area contributed by atoms with Gasteiger partial charge in [0.2, 0.25) is 0 Å². The molecule has 1 aromatic heterocycles. The summed E-state index contributed by atoms with van der Waals surface area (Å²) in [6.45, 7) is 4.05. The lowest BCUT2D eigenvalue weighted by atomic mass is 9.98. The van der Waals surface area contributed by atoms with E-state index in [9.17, 15) is 4.79 Å². The van der Waals surface area contributed by atoms with Crippen molar-refractivity contribution >= 4 is 23.2 Å². The highest BCUT2D eigenvalue weighted by molar-refractivity contribution is 6.32. The average Bonchev–Trinajstić information content (AvgIpc) is 3.04. The first-order valence-electron chi connectivity index (χ1n) is 5.63. The zero-order chi connectivity index (χ0) is 12.6. The SMILES string of the molecule is CC(C)(NC(=O)c1cc(N)cnc1Cl)C1CC1. The Bertz CT molecular complexity index is 455. The molecule has 1 aliphatic rings. The molecule has 0 saturated heterocycles. The average molecular weight is 254 g/mol. The molecule has 0 atom stereocenters. The van der Waals surface area contributed by atoms with Crippen molar-refractivity contribution in [3.05, 3.63) is 23.0 Å². The number of nitrogens with one attached hydrogen (secondary N) is 1. The molecule has 0 spiro atoms. The van der Waals surface area contributed by atoms with Crippen molar-refractivity contribution in [1.82, 2.24) is 10.3 Å². The summed E-state index contributed by atoms with van der Waals surface area (Å²) in [5.41, 5.74) is 6.16. The lowest BCUT2D eigenvalue weighted by molar-refractivity contribution is 0.0903. The third-order valence-electron chi connectivity index (χ3n) is 3.14. The van der Waals surface area contributed by atoms with E-state index < -0.39 is 0 Å². The second-order valence-electron chi connectivity index (χ2n) is 5.06. The Morgan fingerprint density at radius 1 is 1.59 bits per heavy atom. The van der Waals surface area contributed by atoms with Crippen molar-refractivity contribution in [2.75, 3.05) is 5.73 Å². The Balaban J connectivity index is 2.16. The molecule has 0 bridgehead atoms. The van der Waals surface area contributed by atoms with Crippen molar-refractivity contribution in [3.8, 4) is 0 Å². The zero-order valence-electron chi connectivity index (χ0n) is 9.96. The van der Waals surface area contributed by atoms with Gasteiger partial charge < -0.3 is 11.1 Å². The number of amides is 1. The van der Waals surface area contributed by atoms with Crippen LogP contribution in [0.15, 0.2) is 12.3 Å². The highest BCUT2D eigenvalue weighted by Gasteiger charge is 2.39. The number of pyridine rings is 1. The minimum atomic E-state index is -0.216. The van der Waals surface area contributed by atoms with Gasteiger partial charge in [-0.1, -0.05) is 11.6 Å². The Morgan fingerprint density at radius 3 is 2.82 bits per heavy atom. The summed E-state index contributed by atoms with van der Waals surface area (Å²) >= 11 is 5.89. The van der Waals surface area contributed by atoms with Crippen molar-refractivity contribution in [2.24, 2.45) is 5.92 Å². The van der Waals surface area contributed by atoms with Crippen molar-refractivity contribution in [2.45, 2.75) is 32.2 Å². The van der Waals surface area contributed by atoms with Crippen molar-refractivity contribution in [3.63, 3.8) is 0 Å². The van der Waals surface area contributed by atoms with Crippen molar-refractivity contribution < 1.29 is 4.79 Å². The summed E-state index contributed by atoms with van der Waals surface area (Å²) in [5.74, 6) is 0.339. The van der Waals surface area contributed by atoms with Crippen LogP contribution in [0, 0.1) is 5.92 Å². The molecule has 0 radical (unpaired) electrons. The first-order valence-corrected chi connectivity index (χ1v) is 6.01. The number of hydrogen-bond donors (Lipinski definition) is 2. The summed E-state index contributed by atoms with van der Waals surface area (Å²) < 4.78 is 0. The number of anilines is 1. The van der Waals surface area contributed by atoms with Crippen LogP contribution in [0.5, 0.6) is 0 Å². The summed E-state index contributed by atoms with van der Waals surface area (Å²) in [6.07, 6.45) is 3.76. The molecule has 1 heterocycles. The van der Waals surface area contributed by atoms with Crippen LogP contribution in [-0.2, 0) is 0 Å². The molecular weight excluding hydrogens is 238 g/mol. The number of carbonyl (C=O) groups is 1. The normalized spacial score (nSPS) is 15.7. The lowest BCUT2D eigenvalue weighted by Gasteiger charge is -2.26. The molecule has 0 unspecified atom stereocenters. The molecular formula is C12H16ClN3O. The molecule has 92 valence electrons. The van der Waals surface area contributed by atoms with Gasteiger partial charge in [-0.05, 0) is 38.7 Å². The fraction of sp³-hybridized carbons (Fsp3) is 0.500. The van der Waals surface area contributed by atoms with Gasteiger partial charge in [0.05, 0.1) is 17.4 Å². The number of hydrogen-bond acceptors (Lipinski definition) is 3. The van der Waals surface area contributed by atoms with Crippen LogP contribution >= 0.6 is 11.6 Å². The zero-order valence-corrected chi connectivity index (χ0v) is 10.7. The van der Waals surface area contributed by atoms with Gasteiger partial charge in [-0.15, -0.1) is 0 Å². The lowest BCUT2D eigenvalue weighted by Crippen LogP contribution is -2.45. The fourth-order valence-electron chi connectivity index (χ4n) is 1.89. The molecule has 0 aromatic carbocycles. The van der Waals surface area contributed by atoms with Crippen LogP contribution < -0.4 is 11.1 Å². The summed E-state index contributed by atoms with van der Waals surface area (Å²) in [5, 5.41) is 3.17. The molecule has 5 heteroatoms. The minimum absolute atomic E-state index is 0.184. The van der Waals surface area contributed by atoms with E-state index in [-0.39, 0.29) is 16.6 Å². The Kier molecular flexibility index (Phi) is 3.00. The van der Waals surface area contributed by atoms with E-state index in [1.165, 1.54) is 6.20 Å². The van der Waals surface area contributed by atoms with Crippen LogP contribution in [0.4, 0.5) is 5.69 Å². The third-order valence-corrected chi connectivity index (χ3v) is 3.44. The third kappa shape index (κ3) is 2.69. The van der Waals surface area contributed by atoms with Gasteiger partial charge in [-0.25, -0.2) is 4.98 Å². The van der Waals surface area contributed by atoms with E-state index in [1.54, 1.807) is 6.07 Å². The quantitative estimate of drug-likeness (QED) is 0.812. The van der Waals surface area contributed by atoms with Gasteiger partial charge in [-0.2, -0.15) is 0 Å². The maximum absolute atomic E-state index is 12.1. The Morgan fingerprint density at radius 2 is 2.24 bits per heavy atom. The first-order chi connectivity index (χ1) is 7.90. The molecule has 17 heavy (non-hydrogen) atoms. The van der Waals surface area contributed by atoms with Gasteiger partial charge in [0.15, 0.2) is 0 Å². The number of nitrogen functional groups attached to an aromatic ring is 1. The van der Waals surface area contributed by atoms with E-state index in [0.717, 1.165) is 12.8 Å². The predicted octanol–water partition coefficient (Wildman–Crippen LogP) is 2.24. The molecule has 1 amide bonds. The molecule has 1 fully saturated rings. The molecule has 1 saturated carbocycles. The molecule has 4 nitrogen and oxygen atoms in total. The summed E-state index contributed by atoms with van der Waals surface area (Å²) in [6, 6.07) is 1.55. The molecule has 1 aliphatic carbocycles. The minimum Gasteiger partial charge on any atom is -0.397 e. The molecule has 2 rings (SSSR count).